The number of sulfonamides is 1. The summed E-state index contributed by atoms with van der Waals surface area (Å²) in [5, 5.41) is 3.34. The molecule has 2 aromatic carbocycles. The van der Waals surface area contributed by atoms with Gasteiger partial charge in [-0.25, -0.2) is 8.42 Å². The van der Waals surface area contributed by atoms with Gasteiger partial charge in [0.25, 0.3) is 0 Å². The molecule has 1 fully saturated rings. The summed E-state index contributed by atoms with van der Waals surface area (Å²) < 4.78 is 34.2. The zero-order chi connectivity index (χ0) is 22.3. The van der Waals surface area contributed by atoms with Crippen LogP contribution in [0.15, 0.2) is 53.4 Å². The standard InChI is InChI=1S/C23H29ClN2O4S/c1-30-21-14-13-18(24)16-22(21)31(28,29)26-20(15-17-9-5-4-6-10-17)23(27)25-19-11-7-2-3-8-12-19/h4-6,9-10,13-14,16,19-20,26H,2-3,7-8,11-12,15H2,1H3,(H,25,27). The third-order valence-corrected chi connectivity index (χ3v) is 7.24. The summed E-state index contributed by atoms with van der Waals surface area (Å²) in [6, 6.07) is 12.8. The molecule has 0 heterocycles. The molecule has 6 nitrogen and oxygen atoms in total. The molecular weight excluding hydrogens is 436 g/mol. The Bertz CT molecular complexity index is 974. The molecule has 0 spiro atoms. The van der Waals surface area contributed by atoms with Crippen molar-refractivity contribution in [2.45, 2.75) is 61.9 Å². The highest BCUT2D eigenvalue weighted by atomic mass is 35.5. The average Bonchev–Trinajstić information content (AvgIpc) is 3.02. The fraction of sp³-hybridized carbons (Fsp3) is 0.435. The fourth-order valence-electron chi connectivity index (χ4n) is 3.87. The smallest absolute Gasteiger partial charge is 0.245 e. The fourth-order valence-corrected chi connectivity index (χ4v) is 5.50. The van der Waals surface area contributed by atoms with Crippen molar-refractivity contribution in [1.82, 2.24) is 10.0 Å². The van der Waals surface area contributed by atoms with E-state index in [2.05, 4.69) is 10.0 Å². The Hall–Kier alpha value is -2.09. The van der Waals surface area contributed by atoms with Crippen molar-refractivity contribution in [2.24, 2.45) is 0 Å². The van der Waals surface area contributed by atoms with E-state index >= 15 is 0 Å². The van der Waals surface area contributed by atoms with Crippen LogP contribution < -0.4 is 14.8 Å². The van der Waals surface area contributed by atoms with Gasteiger partial charge >= 0.3 is 0 Å². The Balaban J connectivity index is 1.85. The molecule has 1 aliphatic carbocycles. The van der Waals surface area contributed by atoms with E-state index < -0.39 is 16.1 Å². The highest BCUT2D eigenvalue weighted by molar-refractivity contribution is 7.89. The molecule has 0 aliphatic heterocycles. The lowest BCUT2D eigenvalue weighted by atomic mass is 10.0. The lowest BCUT2D eigenvalue weighted by Gasteiger charge is -2.23. The molecule has 1 aliphatic rings. The Morgan fingerprint density at radius 1 is 1.10 bits per heavy atom. The molecular formula is C23H29ClN2O4S. The monoisotopic (exact) mass is 464 g/mol. The number of halogens is 1. The van der Waals surface area contributed by atoms with E-state index in [1.54, 1.807) is 6.07 Å². The Kier molecular flexibility index (Phi) is 8.35. The predicted octanol–water partition coefficient (Wildman–Crippen LogP) is 4.08. The minimum Gasteiger partial charge on any atom is -0.495 e. The molecule has 1 atom stereocenters. The number of methoxy groups -OCH3 is 1. The molecule has 1 amide bonds. The van der Waals surface area contributed by atoms with Crippen molar-refractivity contribution in [1.29, 1.82) is 0 Å². The van der Waals surface area contributed by atoms with Crippen LogP contribution in [0.25, 0.3) is 0 Å². The first-order chi connectivity index (χ1) is 14.9. The summed E-state index contributed by atoms with van der Waals surface area (Å²) in [6.07, 6.45) is 6.54. The normalized spacial score (nSPS) is 16.3. The third kappa shape index (κ3) is 6.69. The van der Waals surface area contributed by atoms with Crippen LogP contribution in [0.1, 0.15) is 44.1 Å². The van der Waals surface area contributed by atoms with Gasteiger partial charge in [0, 0.05) is 11.1 Å². The van der Waals surface area contributed by atoms with Gasteiger partial charge in [0.05, 0.1) is 7.11 Å². The number of hydrogen-bond donors (Lipinski definition) is 2. The minimum absolute atomic E-state index is 0.0680. The average molecular weight is 465 g/mol. The maximum atomic E-state index is 13.2. The number of nitrogens with one attached hydrogen (secondary N) is 2. The van der Waals surface area contributed by atoms with Gasteiger partial charge in [0.1, 0.15) is 16.7 Å². The number of carbonyl (C=O) groups excluding carboxylic acids is 1. The predicted molar refractivity (Wildman–Crippen MR) is 122 cm³/mol. The van der Waals surface area contributed by atoms with E-state index in [0.29, 0.717) is 0 Å². The zero-order valence-corrected chi connectivity index (χ0v) is 19.2. The summed E-state index contributed by atoms with van der Waals surface area (Å²) in [5.41, 5.74) is 0.865. The van der Waals surface area contributed by atoms with E-state index in [9.17, 15) is 13.2 Å². The van der Waals surface area contributed by atoms with Crippen LogP contribution in [-0.2, 0) is 21.2 Å². The lowest BCUT2D eigenvalue weighted by molar-refractivity contribution is -0.123. The van der Waals surface area contributed by atoms with Crippen LogP contribution in [0.2, 0.25) is 5.02 Å². The van der Waals surface area contributed by atoms with E-state index in [1.807, 2.05) is 30.3 Å². The van der Waals surface area contributed by atoms with Gasteiger partial charge in [0.15, 0.2) is 0 Å². The molecule has 0 aromatic heterocycles. The quantitative estimate of drug-likeness (QED) is 0.576. The van der Waals surface area contributed by atoms with Crippen LogP contribution >= 0.6 is 11.6 Å². The second-order valence-electron chi connectivity index (χ2n) is 7.86. The number of hydrogen-bond acceptors (Lipinski definition) is 4. The molecule has 1 saturated carbocycles. The van der Waals surface area contributed by atoms with Gasteiger partial charge in [-0.15, -0.1) is 0 Å². The summed E-state index contributed by atoms with van der Waals surface area (Å²) in [7, 11) is -2.67. The summed E-state index contributed by atoms with van der Waals surface area (Å²) in [4.78, 5) is 13.1. The van der Waals surface area contributed by atoms with Crippen LogP contribution in [0.3, 0.4) is 0 Å². The third-order valence-electron chi connectivity index (χ3n) is 5.51. The van der Waals surface area contributed by atoms with Crippen molar-refractivity contribution >= 4 is 27.5 Å². The van der Waals surface area contributed by atoms with Gasteiger partial charge in [-0.3, -0.25) is 4.79 Å². The van der Waals surface area contributed by atoms with Crippen molar-refractivity contribution in [3.8, 4) is 5.75 Å². The van der Waals surface area contributed by atoms with Gasteiger partial charge in [-0.2, -0.15) is 4.72 Å². The SMILES string of the molecule is COc1ccc(Cl)cc1S(=O)(=O)NC(Cc1ccccc1)C(=O)NC1CCCCCC1. The van der Waals surface area contributed by atoms with Gasteiger partial charge in [-0.05, 0) is 43.0 Å². The second-order valence-corrected chi connectivity index (χ2v) is 9.97. The minimum atomic E-state index is -4.06. The van der Waals surface area contributed by atoms with Crippen LogP contribution in [-0.4, -0.2) is 33.5 Å². The molecule has 0 saturated heterocycles. The first-order valence-corrected chi connectivity index (χ1v) is 12.5. The summed E-state index contributed by atoms with van der Waals surface area (Å²) in [6.45, 7) is 0. The molecule has 8 heteroatoms. The molecule has 3 rings (SSSR count). The maximum Gasteiger partial charge on any atom is 0.245 e. The van der Waals surface area contributed by atoms with Crippen molar-refractivity contribution < 1.29 is 17.9 Å². The first kappa shape index (κ1) is 23.6. The van der Waals surface area contributed by atoms with Gasteiger partial charge in [-0.1, -0.05) is 67.6 Å². The number of rotatable bonds is 8. The lowest BCUT2D eigenvalue weighted by Crippen LogP contribution is -2.50. The molecule has 0 bridgehead atoms. The largest absolute Gasteiger partial charge is 0.495 e. The maximum absolute atomic E-state index is 13.2. The number of ether oxygens (including phenoxy) is 1. The molecule has 168 valence electrons. The van der Waals surface area contributed by atoms with Crippen molar-refractivity contribution in [2.75, 3.05) is 7.11 Å². The number of carbonyl (C=O) groups is 1. The molecule has 0 radical (unpaired) electrons. The van der Waals surface area contributed by atoms with Crippen molar-refractivity contribution in [3.05, 3.63) is 59.1 Å². The van der Waals surface area contributed by atoms with E-state index in [0.717, 1.165) is 31.2 Å². The highest BCUT2D eigenvalue weighted by Crippen LogP contribution is 2.27. The van der Waals surface area contributed by atoms with Crippen LogP contribution in [0.5, 0.6) is 5.75 Å². The molecule has 2 N–H and O–H groups in total. The van der Waals surface area contributed by atoms with E-state index in [4.69, 9.17) is 16.3 Å². The van der Waals surface area contributed by atoms with E-state index in [-0.39, 0.29) is 34.0 Å². The van der Waals surface area contributed by atoms with Crippen LogP contribution in [0.4, 0.5) is 0 Å². The zero-order valence-electron chi connectivity index (χ0n) is 17.6. The topological polar surface area (TPSA) is 84.5 Å². The van der Waals surface area contributed by atoms with Crippen molar-refractivity contribution in [3.63, 3.8) is 0 Å². The molecule has 2 aromatic rings. The Labute approximate surface area is 189 Å². The summed E-state index contributed by atoms with van der Waals surface area (Å²) >= 11 is 6.03. The van der Waals surface area contributed by atoms with Gasteiger partial charge in [0.2, 0.25) is 15.9 Å². The summed E-state index contributed by atoms with van der Waals surface area (Å²) in [5.74, 6) is -0.153. The number of benzene rings is 2. The Morgan fingerprint density at radius 3 is 2.42 bits per heavy atom. The van der Waals surface area contributed by atoms with Crippen LogP contribution in [0, 0.1) is 0 Å². The first-order valence-electron chi connectivity index (χ1n) is 10.6. The van der Waals surface area contributed by atoms with E-state index in [1.165, 1.54) is 32.1 Å². The second kappa shape index (κ2) is 11.0. The number of amides is 1. The highest BCUT2D eigenvalue weighted by Gasteiger charge is 2.29. The van der Waals surface area contributed by atoms with Gasteiger partial charge < -0.3 is 10.1 Å². The molecule has 31 heavy (non-hydrogen) atoms. The molecule has 1 unspecified atom stereocenters. The Morgan fingerprint density at radius 2 is 1.77 bits per heavy atom.